The fourth-order valence-corrected chi connectivity index (χ4v) is 2.30. The van der Waals surface area contributed by atoms with E-state index in [0.29, 0.717) is 24.7 Å². The van der Waals surface area contributed by atoms with Gasteiger partial charge in [0.05, 0.1) is 0 Å². The summed E-state index contributed by atoms with van der Waals surface area (Å²) in [7, 11) is 0. The van der Waals surface area contributed by atoms with Gasteiger partial charge in [-0.2, -0.15) is 0 Å². The molecule has 6 heteroatoms. The molecule has 0 amide bonds. The number of nitrogens with one attached hydrogen (secondary N) is 2. The number of hydrogen-bond donors (Lipinski definition) is 3. The molecule has 19 heavy (non-hydrogen) atoms. The van der Waals surface area contributed by atoms with Crippen LogP contribution in [0, 0.1) is 11.8 Å². The lowest BCUT2D eigenvalue weighted by atomic mass is 10.1. The van der Waals surface area contributed by atoms with Gasteiger partial charge in [-0.05, 0) is 31.1 Å². The number of H-pyrrole nitrogens is 1. The molecule has 0 aliphatic heterocycles. The highest BCUT2D eigenvalue weighted by Crippen LogP contribution is 2.36. The highest BCUT2D eigenvalue weighted by Gasteiger charge is 2.27. The first-order chi connectivity index (χ1) is 9.04. The standard InChI is InChI=1S/C13H22N4O2/c1-3-6-17-11(14)10(12(18)16-13(17)19)15-7-8(2)9-4-5-9/h8-9,15H,3-7,14H2,1-2H3,(H,16,18,19). The average molecular weight is 266 g/mol. The Bertz CT molecular complexity index is 557. The van der Waals surface area contributed by atoms with Crippen LogP contribution in [0.5, 0.6) is 0 Å². The molecule has 1 aromatic rings. The molecule has 0 saturated heterocycles. The van der Waals surface area contributed by atoms with Crippen molar-refractivity contribution in [3.8, 4) is 0 Å². The third-order valence-electron chi connectivity index (χ3n) is 3.71. The van der Waals surface area contributed by atoms with Crippen molar-refractivity contribution in [2.24, 2.45) is 11.8 Å². The summed E-state index contributed by atoms with van der Waals surface area (Å²) in [5.74, 6) is 1.51. The van der Waals surface area contributed by atoms with Crippen molar-refractivity contribution in [2.75, 3.05) is 17.6 Å². The average Bonchev–Trinajstić information content (AvgIpc) is 3.18. The lowest BCUT2D eigenvalue weighted by Crippen LogP contribution is -2.34. The van der Waals surface area contributed by atoms with Crippen molar-refractivity contribution in [1.29, 1.82) is 0 Å². The maximum atomic E-state index is 11.8. The van der Waals surface area contributed by atoms with Crippen molar-refractivity contribution < 1.29 is 0 Å². The largest absolute Gasteiger partial charge is 0.383 e. The van der Waals surface area contributed by atoms with Crippen molar-refractivity contribution in [2.45, 2.75) is 39.7 Å². The van der Waals surface area contributed by atoms with E-state index in [4.69, 9.17) is 5.73 Å². The second kappa shape index (κ2) is 5.50. The number of rotatable bonds is 6. The molecule has 1 saturated carbocycles. The van der Waals surface area contributed by atoms with Gasteiger partial charge in [-0.3, -0.25) is 14.3 Å². The minimum atomic E-state index is -0.440. The van der Waals surface area contributed by atoms with E-state index in [2.05, 4.69) is 17.2 Å². The van der Waals surface area contributed by atoms with E-state index in [9.17, 15) is 9.59 Å². The fraction of sp³-hybridized carbons (Fsp3) is 0.692. The summed E-state index contributed by atoms with van der Waals surface area (Å²) >= 11 is 0. The Balaban J connectivity index is 2.20. The molecular formula is C13H22N4O2. The number of hydrogen-bond acceptors (Lipinski definition) is 4. The summed E-state index contributed by atoms with van der Waals surface area (Å²) in [6.45, 7) is 5.34. The highest BCUT2D eigenvalue weighted by molar-refractivity contribution is 5.60. The van der Waals surface area contributed by atoms with Gasteiger partial charge in [0.2, 0.25) is 0 Å². The van der Waals surface area contributed by atoms with Crippen LogP contribution >= 0.6 is 0 Å². The fourth-order valence-electron chi connectivity index (χ4n) is 2.30. The molecule has 1 aromatic heterocycles. The van der Waals surface area contributed by atoms with E-state index in [1.54, 1.807) is 0 Å². The number of nitrogen functional groups attached to an aromatic ring is 1. The van der Waals surface area contributed by atoms with Crippen LogP contribution in [-0.4, -0.2) is 16.1 Å². The molecule has 1 atom stereocenters. The monoisotopic (exact) mass is 266 g/mol. The minimum Gasteiger partial charge on any atom is -0.383 e. The van der Waals surface area contributed by atoms with Gasteiger partial charge < -0.3 is 11.1 Å². The molecular weight excluding hydrogens is 244 g/mol. The molecule has 106 valence electrons. The molecule has 6 nitrogen and oxygen atoms in total. The van der Waals surface area contributed by atoms with Gasteiger partial charge in [0.25, 0.3) is 5.56 Å². The van der Waals surface area contributed by atoms with Gasteiger partial charge in [-0.1, -0.05) is 13.8 Å². The van der Waals surface area contributed by atoms with E-state index in [1.807, 2.05) is 6.92 Å². The predicted octanol–water partition coefficient (Wildman–Crippen LogP) is 0.987. The van der Waals surface area contributed by atoms with Crippen LogP contribution in [0.3, 0.4) is 0 Å². The SMILES string of the molecule is CCCn1c(N)c(NCC(C)C2CC2)c(=O)[nH]c1=O. The summed E-state index contributed by atoms with van der Waals surface area (Å²) in [5, 5.41) is 3.10. The number of nitrogens with two attached hydrogens (primary N) is 1. The van der Waals surface area contributed by atoms with Crippen LogP contribution < -0.4 is 22.3 Å². The van der Waals surface area contributed by atoms with Gasteiger partial charge in [-0.15, -0.1) is 0 Å². The number of anilines is 2. The first-order valence-electron chi connectivity index (χ1n) is 6.91. The Morgan fingerprint density at radius 2 is 2.16 bits per heavy atom. The molecule has 0 spiro atoms. The third-order valence-corrected chi connectivity index (χ3v) is 3.71. The molecule has 2 rings (SSSR count). The Hall–Kier alpha value is -1.72. The Morgan fingerprint density at radius 3 is 2.74 bits per heavy atom. The van der Waals surface area contributed by atoms with E-state index in [0.717, 1.165) is 12.3 Å². The van der Waals surface area contributed by atoms with Crippen LogP contribution in [0.15, 0.2) is 9.59 Å². The molecule has 0 radical (unpaired) electrons. The zero-order chi connectivity index (χ0) is 14.0. The molecule has 0 bridgehead atoms. The van der Waals surface area contributed by atoms with E-state index in [1.165, 1.54) is 17.4 Å². The molecule has 1 fully saturated rings. The zero-order valence-electron chi connectivity index (χ0n) is 11.5. The molecule has 1 heterocycles. The quantitative estimate of drug-likeness (QED) is 0.715. The van der Waals surface area contributed by atoms with Gasteiger partial charge in [0.15, 0.2) is 0 Å². The third kappa shape index (κ3) is 3.00. The Morgan fingerprint density at radius 1 is 1.47 bits per heavy atom. The molecule has 1 aliphatic rings. The van der Waals surface area contributed by atoms with E-state index in [-0.39, 0.29) is 5.82 Å². The minimum absolute atomic E-state index is 0.235. The van der Waals surface area contributed by atoms with Crippen LogP contribution in [0.4, 0.5) is 11.5 Å². The van der Waals surface area contributed by atoms with Gasteiger partial charge >= 0.3 is 5.69 Å². The second-order valence-corrected chi connectivity index (χ2v) is 5.37. The molecule has 4 N–H and O–H groups in total. The lowest BCUT2D eigenvalue weighted by Gasteiger charge is -2.15. The number of aromatic amines is 1. The van der Waals surface area contributed by atoms with E-state index < -0.39 is 11.2 Å². The topological polar surface area (TPSA) is 92.9 Å². The normalized spacial score (nSPS) is 16.3. The summed E-state index contributed by atoms with van der Waals surface area (Å²) < 4.78 is 1.41. The summed E-state index contributed by atoms with van der Waals surface area (Å²) in [5.41, 5.74) is 5.38. The predicted molar refractivity (Wildman–Crippen MR) is 76.4 cm³/mol. The molecule has 0 aromatic carbocycles. The summed E-state index contributed by atoms with van der Waals surface area (Å²) in [6.07, 6.45) is 3.32. The van der Waals surface area contributed by atoms with Crippen LogP contribution in [0.1, 0.15) is 33.1 Å². The van der Waals surface area contributed by atoms with Gasteiger partial charge in [0, 0.05) is 13.1 Å². The maximum absolute atomic E-state index is 11.8. The number of aromatic nitrogens is 2. The zero-order valence-corrected chi connectivity index (χ0v) is 11.5. The van der Waals surface area contributed by atoms with Crippen LogP contribution in [-0.2, 0) is 6.54 Å². The Kier molecular flexibility index (Phi) is 3.97. The first-order valence-corrected chi connectivity index (χ1v) is 6.91. The lowest BCUT2D eigenvalue weighted by molar-refractivity contribution is 0.535. The van der Waals surface area contributed by atoms with Crippen molar-refractivity contribution in [3.63, 3.8) is 0 Å². The second-order valence-electron chi connectivity index (χ2n) is 5.37. The van der Waals surface area contributed by atoms with E-state index >= 15 is 0 Å². The molecule has 1 aliphatic carbocycles. The summed E-state index contributed by atoms with van der Waals surface area (Å²) in [4.78, 5) is 25.8. The summed E-state index contributed by atoms with van der Waals surface area (Å²) in [6, 6.07) is 0. The molecule has 1 unspecified atom stereocenters. The maximum Gasteiger partial charge on any atom is 0.330 e. The van der Waals surface area contributed by atoms with Crippen molar-refractivity contribution >= 4 is 11.5 Å². The van der Waals surface area contributed by atoms with Gasteiger partial charge in [-0.25, -0.2) is 4.79 Å². The number of nitrogens with zero attached hydrogens (tertiary/aromatic N) is 1. The first kappa shape index (κ1) is 13.7. The van der Waals surface area contributed by atoms with Crippen LogP contribution in [0.2, 0.25) is 0 Å². The van der Waals surface area contributed by atoms with Crippen LogP contribution in [0.25, 0.3) is 0 Å². The highest BCUT2D eigenvalue weighted by atomic mass is 16.2. The smallest absolute Gasteiger partial charge is 0.330 e. The van der Waals surface area contributed by atoms with Gasteiger partial charge in [0.1, 0.15) is 11.5 Å². The van der Waals surface area contributed by atoms with Crippen molar-refractivity contribution in [3.05, 3.63) is 20.8 Å². The van der Waals surface area contributed by atoms with Crippen molar-refractivity contribution in [1.82, 2.24) is 9.55 Å². The Labute approximate surface area is 112 Å².